The summed E-state index contributed by atoms with van der Waals surface area (Å²) in [6.07, 6.45) is 2.86. The summed E-state index contributed by atoms with van der Waals surface area (Å²) in [5, 5.41) is 8.54. The molecule has 0 fully saturated rings. The van der Waals surface area contributed by atoms with Crippen molar-refractivity contribution >= 4 is 33.8 Å². The second-order valence-corrected chi connectivity index (χ2v) is 4.31. The Morgan fingerprint density at radius 1 is 1.44 bits per heavy atom. The van der Waals surface area contributed by atoms with Gasteiger partial charge in [0.1, 0.15) is 5.78 Å². The van der Waals surface area contributed by atoms with Crippen molar-refractivity contribution < 1.29 is 14.7 Å². The van der Waals surface area contributed by atoms with Crippen LogP contribution in [0.3, 0.4) is 0 Å². The average Bonchev–Trinajstić information content (AvgIpc) is 2.15. The number of carboxylic acid groups (broad SMARTS) is 1. The van der Waals surface area contributed by atoms with E-state index in [4.69, 9.17) is 5.11 Å². The summed E-state index contributed by atoms with van der Waals surface area (Å²) in [6.45, 7) is 1.51. The van der Waals surface area contributed by atoms with Gasteiger partial charge in [-0.1, -0.05) is 22.0 Å². The summed E-state index contributed by atoms with van der Waals surface area (Å²) >= 11 is 3.31. The van der Waals surface area contributed by atoms with Crippen LogP contribution in [0.4, 0.5) is 0 Å². The van der Waals surface area contributed by atoms with Crippen LogP contribution in [-0.2, 0) is 16.0 Å². The summed E-state index contributed by atoms with van der Waals surface area (Å²) in [5.41, 5.74) is 1.57. The summed E-state index contributed by atoms with van der Waals surface area (Å²) in [7, 11) is 0. The quantitative estimate of drug-likeness (QED) is 0.864. The number of hydrogen-bond donors (Lipinski definition) is 1. The fourth-order valence-corrected chi connectivity index (χ4v) is 1.73. The predicted octanol–water partition coefficient (Wildman–Crippen LogP) is 2.68. The van der Waals surface area contributed by atoms with E-state index in [0.29, 0.717) is 6.42 Å². The van der Waals surface area contributed by atoms with Crippen LogP contribution in [0.1, 0.15) is 18.1 Å². The summed E-state index contributed by atoms with van der Waals surface area (Å²) in [4.78, 5) is 21.5. The molecule has 0 heterocycles. The number of halogens is 1. The van der Waals surface area contributed by atoms with E-state index >= 15 is 0 Å². The molecule has 1 N–H and O–H groups in total. The maximum atomic E-state index is 11.1. The van der Waals surface area contributed by atoms with Gasteiger partial charge >= 0.3 is 5.97 Å². The Hall–Kier alpha value is -1.42. The van der Waals surface area contributed by atoms with Gasteiger partial charge < -0.3 is 5.11 Å². The van der Waals surface area contributed by atoms with E-state index in [2.05, 4.69) is 15.9 Å². The first-order chi connectivity index (χ1) is 7.49. The van der Waals surface area contributed by atoms with Gasteiger partial charge in [-0.15, -0.1) is 0 Å². The van der Waals surface area contributed by atoms with Gasteiger partial charge in [-0.2, -0.15) is 0 Å². The third kappa shape index (κ3) is 3.98. The lowest BCUT2D eigenvalue weighted by Gasteiger charge is -2.04. The summed E-state index contributed by atoms with van der Waals surface area (Å²) in [6, 6.07) is 5.41. The lowest BCUT2D eigenvalue weighted by molar-refractivity contribution is -0.131. The van der Waals surface area contributed by atoms with E-state index in [1.807, 2.05) is 12.1 Å². The van der Waals surface area contributed by atoms with Crippen molar-refractivity contribution in [3.05, 3.63) is 39.9 Å². The molecule has 0 aliphatic carbocycles. The zero-order valence-corrected chi connectivity index (χ0v) is 10.3. The molecule has 0 aromatic heterocycles. The molecule has 4 heteroatoms. The molecular weight excluding hydrogens is 272 g/mol. The monoisotopic (exact) mass is 282 g/mol. The number of carbonyl (C=O) groups is 2. The highest BCUT2D eigenvalue weighted by Crippen LogP contribution is 2.18. The first kappa shape index (κ1) is 12.6. The molecule has 0 saturated carbocycles. The van der Waals surface area contributed by atoms with Crippen LogP contribution in [0, 0.1) is 0 Å². The molecule has 0 bridgehead atoms. The number of carbonyl (C=O) groups excluding carboxylic acids is 1. The topological polar surface area (TPSA) is 54.4 Å². The average molecular weight is 283 g/mol. The van der Waals surface area contributed by atoms with Gasteiger partial charge in [-0.05, 0) is 36.3 Å². The smallest absolute Gasteiger partial charge is 0.328 e. The molecule has 0 aliphatic rings. The first-order valence-corrected chi connectivity index (χ1v) is 5.47. The molecule has 0 amide bonds. The number of hydrogen-bond acceptors (Lipinski definition) is 2. The van der Waals surface area contributed by atoms with E-state index in [-0.39, 0.29) is 5.78 Å². The van der Waals surface area contributed by atoms with Gasteiger partial charge in [0.25, 0.3) is 0 Å². The van der Waals surface area contributed by atoms with Crippen LogP contribution >= 0.6 is 15.9 Å². The van der Waals surface area contributed by atoms with E-state index in [1.54, 1.807) is 6.07 Å². The summed E-state index contributed by atoms with van der Waals surface area (Å²) in [5.74, 6) is -0.959. The molecule has 0 atom stereocenters. The Kier molecular flexibility index (Phi) is 4.43. The lowest BCUT2D eigenvalue weighted by Crippen LogP contribution is -1.99. The number of carboxylic acids is 1. The number of aliphatic carboxylic acids is 1. The fourth-order valence-electron chi connectivity index (χ4n) is 1.32. The molecule has 84 valence electrons. The Morgan fingerprint density at radius 2 is 2.12 bits per heavy atom. The highest BCUT2D eigenvalue weighted by Gasteiger charge is 2.04. The van der Waals surface area contributed by atoms with Gasteiger partial charge in [0.15, 0.2) is 0 Å². The minimum atomic E-state index is -1.00. The molecule has 1 aromatic rings. The largest absolute Gasteiger partial charge is 0.478 e. The van der Waals surface area contributed by atoms with Crippen molar-refractivity contribution in [3.8, 4) is 0 Å². The fraction of sp³-hybridized carbons (Fsp3) is 0.167. The number of rotatable bonds is 4. The van der Waals surface area contributed by atoms with Crippen LogP contribution in [0.25, 0.3) is 6.08 Å². The SMILES string of the molecule is CC(=O)Cc1cc(Br)ccc1/C=C/C(=O)O. The third-order valence-corrected chi connectivity index (χ3v) is 2.44. The molecule has 1 aromatic carbocycles. The van der Waals surface area contributed by atoms with E-state index in [1.165, 1.54) is 13.0 Å². The Balaban J connectivity index is 3.06. The van der Waals surface area contributed by atoms with Crippen LogP contribution < -0.4 is 0 Å². The van der Waals surface area contributed by atoms with Crippen molar-refractivity contribution in [2.75, 3.05) is 0 Å². The Bertz CT molecular complexity index is 450. The Labute approximate surface area is 102 Å². The van der Waals surface area contributed by atoms with Crippen LogP contribution in [0.2, 0.25) is 0 Å². The van der Waals surface area contributed by atoms with Crippen LogP contribution in [0.5, 0.6) is 0 Å². The molecule has 0 radical (unpaired) electrons. The van der Waals surface area contributed by atoms with E-state index < -0.39 is 5.97 Å². The Morgan fingerprint density at radius 3 is 2.69 bits per heavy atom. The first-order valence-electron chi connectivity index (χ1n) is 4.68. The molecule has 0 unspecified atom stereocenters. The molecule has 0 saturated heterocycles. The number of benzene rings is 1. The second kappa shape index (κ2) is 5.61. The molecule has 16 heavy (non-hydrogen) atoms. The molecule has 0 aliphatic heterocycles. The van der Waals surface area contributed by atoms with E-state index in [0.717, 1.165) is 21.7 Å². The molecule has 1 rings (SSSR count). The highest BCUT2D eigenvalue weighted by atomic mass is 79.9. The van der Waals surface area contributed by atoms with Gasteiger partial charge in [0.05, 0.1) is 0 Å². The van der Waals surface area contributed by atoms with Gasteiger partial charge in [0.2, 0.25) is 0 Å². The third-order valence-electron chi connectivity index (χ3n) is 1.95. The van der Waals surface area contributed by atoms with Gasteiger partial charge in [0, 0.05) is 17.0 Å². The molecule has 3 nitrogen and oxygen atoms in total. The van der Waals surface area contributed by atoms with Crippen molar-refractivity contribution in [2.24, 2.45) is 0 Å². The summed E-state index contributed by atoms with van der Waals surface area (Å²) < 4.78 is 0.872. The van der Waals surface area contributed by atoms with Crippen LogP contribution in [0.15, 0.2) is 28.7 Å². The van der Waals surface area contributed by atoms with Gasteiger partial charge in [-0.25, -0.2) is 4.79 Å². The zero-order chi connectivity index (χ0) is 12.1. The maximum Gasteiger partial charge on any atom is 0.328 e. The molecule has 0 spiro atoms. The predicted molar refractivity (Wildman–Crippen MR) is 65.2 cm³/mol. The number of Topliss-reactive ketones (excluding diaryl/α,β-unsaturated/α-hetero) is 1. The zero-order valence-electron chi connectivity index (χ0n) is 8.74. The minimum Gasteiger partial charge on any atom is -0.478 e. The van der Waals surface area contributed by atoms with Crippen molar-refractivity contribution in [1.82, 2.24) is 0 Å². The molecular formula is C12H11BrO3. The normalized spacial score (nSPS) is 10.6. The number of ketones is 1. The van der Waals surface area contributed by atoms with Crippen molar-refractivity contribution in [2.45, 2.75) is 13.3 Å². The second-order valence-electron chi connectivity index (χ2n) is 3.39. The van der Waals surface area contributed by atoms with E-state index in [9.17, 15) is 9.59 Å². The van der Waals surface area contributed by atoms with Gasteiger partial charge in [-0.3, -0.25) is 4.79 Å². The maximum absolute atomic E-state index is 11.1. The van der Waals surface area contributed by atoms with Crippen molar-refractivity contribution in [3.63, 3.8) is 0 Å². The van der Waals surface area contributed by atoms with Crippen LogP contribution in [-0.4, -0.2) is 16.9 Å². The minimum absolute atomic E-state index is 0.0445. The lowest BCUT2D eigenvalue weighted by atomic mass is 10.0. The van der Waals surface area contributed by atoms with Crippen molar-refractivity contribution in [1.29, 1.82) is 0 Å². The standard InChI is InChI=1S/C12H11BrO3/c1-8(14)6-10-7-11(13)4-2-9(10)3-5-12(15)16/h2-5,7H,6H2,1H3,(H,15,16)/b5-3+. The highest BCUT2D eigenvalue weighted by molar-refractivity contribution is 9.10.